The Bertz CT molecular complexity index is 437. The van der Waals surface area contributed by atoms with Crippen LogP contribution in [0.25, 0.3) is 0 Å². The van der Waals surface area contributed by atoms with Gasteiger partial charge >= 0.3 is 5.97 Å². The van der Waals surface area contributed by atoms with Gasteiger partial charge in [-0.2, -0.15) is 11.8 Å². The molecule has 92 valence electrons. The average Bonchev–Trinajstić information content (AvgIpc) is 2.29. The highest BCUT2D eigenvalue weighted by molar-refractivity contribution is 7.99. The molecule has 1 heterocycles. The third kappa shape index (κ3) is 2.49. The van der Waals surface area contributed by atoms with Crippen molar-refractivity contribution in [2.75, 3.05) is 28.7 Å². The van der Waals surface area contributed by atoms with E-state index in [1.165, 1.54) is 0 Å². The molecule has 0 spiro atoms. The van der Waals surface area contributed by atoms with E-state index in [1.807, 2.05) is 17.8 Å². The molecule has 0 aliphatic carbocycles. The summed E-state index contributed by atoms with van der Waals surface area (Å²) in [5.74, 6) is 1.22. The molecule has 1 atom stereocenters. The van der Waals surface area contributed by atoms with Gasteiger partial charge in [-0.25, -0.2) is 4.79 Å². The van der Waals surface area contributed by atoms with Crippen molar-refractivity contribution < 1.29 is 9.90 Å². The molecule has 1 aliphatic rings. The van der Waals surface area contributed by atoms with Crippen LogP contribution in [0.5, 0.6) is 0 Å². The number of nitrogens with zero attached hydrogens (tertiary/aromatic N) is 1. The molecule has 1 fully saturated rings. The molecule has 0 amide bonds. The SMILES string of the molecule is CC1CSCCN1c1ccc(C(=O)O)c(N)c1. The number of hydrogen-bond acceptors (Lipinski definition) is 4. The first-order valence-electron chi connectivity index (χ1n) is 5.57. The molecule has 0 radical (unpaired) electrons. The van der Waals surface area contributed by atoms with Gasteiger partial charge in [-0.15, -0.1) is 0 Å². The van der Waals surface area contributed by atoms with Gasteiger partial charge in [0.1, 0.15) is 0 Å². The van der Waals surface area contributed by atoms with Crippen LogP contribution in [-0.4, -0.2) is 35.2 Å². The number of nitrogens with two attached hydrogens (primary N) is 1. The molecular formula is C12H16N2O2S. The Balaban J connectivity index is 2.27. The minimum absolute atomic E-state index is 0.174. The minimum Gasteiger partial charge on any atom is -0.478 e. The normalized spacial score (nSPS) is 20.3. The van der Waals surface area contributed by atoms with Gasteiger partial charge in [-0.1, -0.05) is 0 Å². The number of thioether (sulfide) groups is 1. The topological polar surface area (TPSA) is 66.6 Å². The predicted octanol–water partition coefficient (Wildman–Crippen LogP) is 1.91. The second-order valence-corrected chi connectivity index (χ2v) is 5.34. The summed E-state index contributed by atoms with van der Waals surface area (Å²) in [6.45, 7) is 3.16. The summed E-state index contributed by atoms with van der Waals surface area (Å²) < 4.78 is 0. The molecule has 17 heavy (non-hydrogen) atoms. The molecule has 1 aromatic carbocycles. The molecule has 4 nitrogen and oxygen atoms in total. The first kappa shape index (κ1) is 12.1. The molecular weight excluding hydrogens is 236 g/mol. The fraction of sp³-hybridized carbons (Fsp3) is 0.417. The Kier molecular flexibility index (Phi) is 3.47. The third-order valence-electron chi connectivity index (χ3n) is 2.96. The highest BCUT2D eigenvalue weighted by atomic mass is 32.2. The van der Waals surface area contributed by atoms with Crippen LogP contribution in [0.1, 0.15) is 17.3 Å². The Morgan fingerprint density at radius 3 is 2.94 bits per heavy atom. The summed E-state index contributed by atoms with van der Waals surface area (Å²) in [5.41, 5.74) is 7.28. The third-order valence-corrected chi connectivity index (χ3v) is 4.15. The van der Waals surface area contributed by atoms with E-state index in [0.717, 1.165) is 23.7 Å². The summed E-state index contributed by atoms with van der Waals surface area (Å²) in [5, 5.41) is 8.92. The van der Waals surface area contributed by atoms with Crippen LogP contribution in [0.15, 0.2) is 18.2 Å². The van der Waals surface area contributed by atoms with Gasteiger partial charge in [-0.3, -0.25) is 0 Å². The lowest BCUT2D eigenvalue weighted by Gasteiger charge is -2.35. The van der Waals surface area contributed by atoms with Gasteiger partial charge < -0.3 is 15.7 Å². The first-order valence-corrected chi connectivity index (χ1v) is 6.72. The quantitative estimate of drug-likeness (QED) is 0.787. The summed E-state index contributed by atoms with van der Waals surface area (Å²) in [7, 11) is 0. The lowest BCUT2D eigenvalue weighted by molar-refractivity contribution is 0.0698. The number of anilines is 2. The maximum atomic E-state index is 10.9. The summed E-state index contributed by atoms with van der Waals surface area (Å²) in [6.07, 6.45) is 0. The molecule has 0 aromatic heterocycles. The second-order valence-electron chi connectivity index (χ2n) is 4.19. The van der Waals surface area contributed by atoms with E-state index in [1.54, 1.807) is 12.1 Å². The Morgan fingerprint density at radius 1 is 1.59 bits per heavy atom. The Labute approximate surface area is 105 Å². The number of benzene rings is 1. The summed E-state index contributed by atoms with van der Waals surface area (Å²) in [6, 6.07) is 5.65. The van der Waals surface area contributed by atoms with Crippen molar-refractivity contribution >= 4 is 29.1 Å². The number of carbonyl (C=O) groups is 1. The van der Waals surface area contributed by atoms with Gasteiger partial charge in [0, 0.05) is 35.5 Å². The summed E-state index contributed by atoms with van der Waals surface area (Å²) in [4.78, 5) is 13.2. The predicted molar refractivity (Wildman–Crippen MR) is 71.9 cm³/mol. The standard InChI is InChI=1S/C12H16N2O2S/c1-8-7-17-5-4-14(8)9-2-3-10(12(15)16)11(13)6-9/h2-3,6,8H,4-5,7,13H2,1H3,(H,15,16). The van der Waals surface area contributed by atoms with Crippen molar-refractivity contribution in [3.63, 3.8) is 0 Å². The number of carboxylic acids is 1. The zero-order valence-corrected chi connectivity index (χ0v) is 10.5. The minimum atomic E-state index is -0.976. The largest absolute Gasteiger partial charge is 0.478 e. The van der Waals surface area contributed by atoms with E-state index in [-0.39, 0.29) is 5.56 Å². The highest BCUT2D eigenvalue weighted by Crippen LogP contribution is 2.27. The molecule has 1 aromatic rings. The monoisotopic (exact) mass is 252 g/mol. The smallest absolute Gasteiger partial charge is 0.337 e. The van der Waals surface area contributed by atoms with Gasteiger partial charge in [0.05, 0.1) is 5.56 Å². The molecule has 0 bridgehead atoms. The fourth-order valence-corrected chi connectivity index (χ4v) is 3.05. The number of aromatic carboxylic acids is 1. The molecule has 2 rings (SSSR count). The highest BCUT2D eigenvalue weighted by Gasteiger charge is 2.20. The molecule has 5 heteroatoms. The van der Waals surface area contributed by atoms with Crippen LogP contribution in [0.4, 0.5) is 11.4 Å². The molecule has 1 unspecified atom stereocenters. The van der Waals surface area contributed by atoms with E-state index < -0.39 is 5.97 Å². The van der Waals surface area contributed by atoms with E-state index >= 15 is 0 Å². The van der Waals surface area contributed by atoms with Crippen LogP contribution in [0.3, 0.4) is 0 Å². The number of rotatable bonds is 2. The second kappa shape index (κ2) is 4.87. The first-order chi connectivity index (χ1) is 8.09. The lowest BCUT2D eigenvalue weighted by atomic mass is 10.1. The van der Waals surface area contributed by atoms with Gasteiger partial charge in [0.2, 0.25) is 0 Å². The Hall–Kier alpha value is -1.36. The molecule has 1 saturated heterocycles. The Morgan fingerprint density at radius 2 is 2.35 bits per heavy atom. The molecule has 3 N–H and O–H groups in total. The fourth-order valence-electron chi connectivity index (χ4n) is 2.03. The van der Waals surface area contributed by atoms with Gasteiger partial charge in [-0.05, 0) is 25.1 Å². The van der Waals surface area contributed by atoms with Crippen LogP contribution < -0.4 is 10.6 Å². The molecule has 0 saturated carbocycles. The van der Waals surface area contributed by atoms with Crippen molar-refractivity contribution in [3.8, 4) is 0 Å². The number of hydrogen-bond donors (Lipinski definition) is 2. The number of carboxylic acid groups (broad SMARTS) is 1. The van der Waals surface area contributed by atoms with Crippen molar-refractivity contribution in [3.05, 3.63) is 23.8 Å². The average molecular weight is 252 g/mol. The van der Waals surface area contributed by atoms with Crippen molar-refractivity contribution in [1.29, 1.82) is 0 Å². The van der Waals surface area contributed by atoms with Crippen molar-refractivity contribution in [2.24, 2.45) is 0 Å². The lowest BCUT2D eigenvalue weighted by Crippen LogP contribution is -2.40. The molecule has 1 aliphatic heterocycles. The zero-order chi connectivity index (χ0) is 12.4. The van der Waals surface area contributed by atoms with Crippen LogP contribution in [0, 0.1) is 0 Å². The maximum Gasteiger partial charge on any atom is 0.337 e. The van der Waals surface area contributed by atoms with E-state index in [4.69, 9.17) is 10.8 Å². The van der Waals surface area contributed by atoms with Crippen molar-refractivity contribution in [2.45, 2.75) is 13.0 Å². The van der Waals surface area contributed by atoms with Gasteiger partial charge in [0.25, 0.3) is 0 Å². The van der Waals surface area contributed by atoms with Crippen LogP contribution >= 0.6 is 11.8 Å². The number of nitrogen functional groups attached to an aromatic ring is 1. The zero-order valence-electron chi connectivity index (χ0n) is 9.72. The van der Waals surface area contributed by atoms with E-state index in [9.17, 15) is 4.79 Å². The van der Waals surface area contributed by atoms with Crippen LogP contribution in [-0.2, 0) is 0 Å². The van der Waals surface area contributed by atoms with Crippen molar-refractivity contribution in [1.82, 2.24) is 0 Å². The van der Waals surface area contributed by atoms with Gasteiger partial charge in [0.15, 0.2) is 0 Å². The summed E-state index contributed by atoms with van der Waals surface area (Å²) >= 11 is 1.95. The van der Waals surface area contributed by atoms with E-state index in [0.29, 0.717) is 11.7 Å². The van der Waals surface area contributed by atoms with E-state index in [2.05, 4.69) is 11.8 Å². The maximum absolute atomic E-state index is 10.9. The van der Waals surface area contributed by atoms with Crippen LogP contribution in [0.2, 0.25) is 0 Å².